The lowest BCUT2D eigenvalue weighted by molar-refractivity contribution is 0.191. The maximum absolute atomic E-state index is 10.2. The summed E-state index contributed by atoms with van der Waals surface area (Å²) in [6.45, 7) is 0.453. The largest absolute Gasteiger partial charge is 0.497 e. The highest BCUT2D eigenvalue weighted by Crippen LogP contribution is 2.20. The summed E-state index contributed by atoms with van der Waals surface area (Å²) in [6.07, 6.45) is -0.575. The molecule has 2 rings (SSSR count). The first-order valence-corrected chi connectivity index (χ1v) is 6.93. The van der Waals surface area contributed by atoms with E-state index >= 15 is 0 Å². The van der Waals surface area contributed by atoms with Crippen LogP contribution in [0.3, 0.4) is 0 Å². The summed E-state index contributed by atoms with van der Waals surface area (Å²) < 4.78 is 5.17. The highest BCUT2D eigenvalue weighted by molar-refractivity contribution is 5.54. The summed E-state index contributed by atoms with van der Waals surface area (Å²) in [5, 5.41) is 13.5. The van der Waals surface area contributed by atoms with E-state index in [0.29, 0.717) is 6.54 Å². The van der Waals surface area contributed by atoms with Crippen molar-refractivity contribution < 1.29 is 9.84 Å². The SMILES string of the molecule is COc1cccc(C(O)CNc2ccc(N(C)C)cc2)c1. The number of hydrogen-bond acceptors (Lipinski definition) is 4. The van der Waals surface area contributed by atoms with Crippen LogP contribution in [0.2, 0.25) is 0 Å². The predicted molar refractivity (Wildman–Crippen MR) is 87.2 cm³/mol. The van der Waals surface area contributed by atoms with Gasteiger partial charge in [0.1, 0.15) is 5.75 Å². The van der Waals surface area contributed by atoms with Crippen molar-refractivity contribution in [3.63, 3.8) is 0 Å². The van der Waals surface area contributed by atoms with E-state index in [1.54, 1.807) is 7.11 Å². The monoisotopic (exact) mass is 286 g/mol. The molecule has 1 atom stereocenters. The van der Waals surface area contributed by atoms with Crippen molar-refractivity contribution >= 4 is 11.4 Å². The summed E-state index contributed by atoms with van der Waals surface area (Å²) in [7, 11) is 5.64. The van der Waals surface area contributed by atoms with Gasteiger partial charge in [-0.15, -0.1) is 0 Å². The van der Waals surface area contributed by atoms with E-state index in [-0.39, 0.29) is 0 Å². The summed E-state index contributed by atoms with van der Waals surface area (Å²) in [5.41, 5.74) is 2.98. The van der Waals surface area contributed by atoms with E-state index in [9.17, 15) is 5.11 Å². The second kappa shape index (κ2) is 6.99. The lowest BCUT2D eigenvalue weighted by Crippen LogP contribution is -2.12. The molecule has 4 heteroatoms. The number of aliphatic hydroxyl groups is 1. The molecule has 0 aliphatic rings. The molecule has 0 saturated carbocycles. The summed E-state index contributed by atoms with van der Waals surface area (Å²) in [5.74, 6) is 0.752. The van der Waals surface area contributed by atoms with Crippen LogP contribution in [0, 0.1) is 0 Å². The molecule has 0 radical (unpaired) electrons. The molecule has 1 unspecified atom stereocenters. The Hall–Kier alpha value is -2.20. The van der Waals surface area contributed by atoms with Crippen LogP contribution >= 0.6 is 0 Å². The Morgan fingerprint density at radius 1 is 1.14 bits per heavy atom. The van der Waals surface area contributed by atoms with E-state index in [1.807, 2.05) is 62.6 Å². The van der Waals surface area contributed by atoms with Gasteiger partial charge in [0.15, 0.2) is 0 Å². The van der Waals surface area contributed by atoms with Crippen LogP contribution in [-0.4, -0.2) is 32.9 Å². The Bertz CT molecular complexity index is 567. The van der Waals surface area contributed by atoms with Gasteiger partial charge in [-0.2, -0.15) is 0 Å². The molecule has 0 fully saturated rings. The first kappa shape index (κ1) is 15.2. The summed E-state index contributed by atoms with van der Waals surface area (Å²) in [6, 6.07) is 15.6. The van der Waals surface area contributed by atoms with Crippen molar-refractivity contribution in [3.8, 4) is 5.75 Å². The number of aliphatic hydroxyl groups excluding tert-OH is 1. The van der Waals surface area contributed by atoms with Crippen LogP contribution in [-0.2, 0) is 0 Å². The molecule has 0 spiro atoms. The molecule has 112 valence electrons. The Labute approximate surface area is 126 Å². The minimum absolute atomic E-state index is 0.453. The Morgan fingerprint density at radius 2 is 1.86 bits per heavy atom. The third-order valence-corrected chi connectivity index (χ3v) is 3.36. The van der Waals surface area contributed by atoms with Gasteiger partial charge in [0.05, 0.1) is 13.2 Å². The number of benzene rings is 2. The number of anilines is 2. The fourth-order valence-electron chi connectivity index (χ4n) is 2.06. The predicted octanol–water partition coefficient (Wildman–Crippen LogP) is 2.91. The van der Waals surface area contributed by atoms with Gasteiger partial charge in [-0.25, -0.2) is 0 Å². The number of ether oxygens (including phenoxy) is 1. The van der Waals surface area contributed by atoms with Crippen LogP contribution in [0.5, 0.6) is 5.75 Å². The molecule has 0 aliphatic carbocycles. The highest BCUT2D eigenvalue weighted by Gasteiger charge is 2.08. The molecule has 0 aliphatic heterocycles. The van der Waals surface area contributed by atoms with Crippen LogP contribution in [0.1, 0.15) is 11.7 Å². The Balaban J connectivity index is 1.95. The van der Waals surface area contributed by atoms with Gasteiger partial charge < -0.3 is 20.1 Å². The number of methoxy groups -OCH3 is 1. The molecular formula is C17H22N2O2. The van der Waals surface area contributed by atoms with Crippen LogP contribution in [0.4, 0.5) is 11.4 Å². The standard InChI is InChI=1S/C17H22N2O2/c1-19(2)15-9-7-14(8-10-15)18-12-17(20)13-5-4-6-16(11-13)21-3/h4-11,17-18,20H,12H2,1-3H3. The zero-order chi connectivity index (χ0) is 15.2. The summed E-state index contributed by atoms with van der Waals surface area (Å²) >= 11 is 0. The maximum atomic E-state index is 10.2. The number of rotatable bonds is 6. The smallest absolute Gasteiger partial charge is 0.119 e. The first-order valence-electron chi connectivity index (χ1n) is 6.93. The fourth-order valence-corrected chi connectivity index (χ4v) is 2.06. The van der Waals surface area contributed by atoms with Crippen molar-refractivity contribution in [1.82, 2.24) is 0 Å². The van der Waals surface area contributed by atoms with Gasteiger partial charge in [0, 0.05) is 32.0 Å². The van der Waals surface area contributed by atoms with Crippen LogP contribution in [0.25, 0.3) is 0 Å². The van der Waals surface area contributed by atoms with Crippen LogP contribution in [0.15, 0.2) is 48.5 Å². The van der Waals surface area contributed by atoms with Gasteiger partial charge >= 0.3 is 0 Å². The second-order valence-corrected chi connectivity index (χ2v) is 5.11. The Kier molecular flexibility index (Phi) is 5.06. The van der Waals surface area contributed by atoms with E-state index in [0.717, 1.165) is 22.7 Å². The third kappa shape index (κ3) is 4.13. The highest BCUT2D eigenvalue weighted by atomic mass is 16.5. The minimum Gasteiger partial charge on any atom is -0.497 e. The molecule has 0 saturated heterocycles. The second-order valence-electron chi connectivity index (χ2n) is 5.11. The molecule has 2 aromatic carbocycles. The fraction of sp³-hybridized carbons (Fsp3) is 0.294. The lowest BCUT2D eigenvalue weighted by Gasteiger charge is -2.16. The van der Waals surface area contributed by atoms with Crippen molar-refractivity contribution in [2.24, 2.45) is 0 Å². The molecule has 0 heterocycles. The molecule has 2 N–H and O–H groups in total. The first-order chi connectivity index (χ1) is 10.1. The third-order valence-electron chi connectivity index (χ3n) is 3.36. The summed E-state index contributed by atoms with van der Waals surface area (Å²) in [4.78, 5) is 2.05. The average Bonchev–Trinajstić information content (AvgIpc) is 2.53. The normalized spacial score (nSPS) is 11.8. The van der Waals surface area contributed by atoms with Crippen molar-refractivity contribution in [2.45, 2.75) is 6.10 Å². The van der Waals surface area contributed by atoms with E-state index in [1.165, 1.54) is 0 Å². The van der Waals surface area contributed by atoms with Gasteiger partial charge in [-0.3, -0.25) is 0 Å². The van der Waals surface area contributed by atoms with Crippen molar-refractivity contribution in [2.75, 3.05) is 38.0 Å². The molecule has 0 aromatic heterocycles. The van der Waals surface area contributed by atoms with Gasteiger partial charge in [-0.1, -0.05) is 12.1 Å². The van der Waals surface area contributed by atoms with Crippen LogP contribution < -0.4 is 15.0 Å². The Morgan fingerprint density at radius 3 is 2.48 bits per heavy atom. The van der Waals surface area contributed by atoms with Gasteiger partial charge in [-0.05, 0) is 42.0 Å². The average molecular weight is 286 g/mol. The van der Waals surface area contributed by atoms with E-state index < -0.39 is 6.10 Å². The maximum Gasteiger partial charge on any atom is 0.119 e. The minimum atomic E-state index is -0.575. The van der Waals surface area contributed by atoms with Gasteiger partial charge in [0.25, 0.3) is 0 Å². The molecule has 4 nitrogen and oxygen atoms in total. The number of nitrogens with zero attached hydrogens (tertiary/aromatic N) is 1. The quantitative estimate of drug-likeness (QED) is 0.857. The zero-order valence-corrected chi connectivity index (χ0v) is 12.7. The molecular weight excluding hydrogens is 264 g/mol. The molecule has 0 amide bonds. The topological polar surface area (TPSA) is 44.7 Å². The molecule has 0 bridgehead atoms. The van der Waals surface area contributed by atoms with Gasteiger partial charge in [0.2, 0.25) is 0 Å². The van der Waals surface area contributed by atoms with Crippen molar-refractivity contribution in [3.05, 3.63) is 54.1 Å². The lowest BCUT2D eigenvalue weighted by atomic mass is 10.1. The van der Waals surface area contributed by atoms with E-state index in [4.69, 9.17) is 4.74 Å². The van der Waals surface area contributed by atoms with E-state index in [2.05, 4.69) is 10.2 Å². The van der Waals surface area contributed by atoms with Crippen molar-refractivity contribution in [1.29, 1.82) is 0 Å². The molecule has 21 heavy (non-hydrogen) atoms. The zero-order valence-electron chi connectivity index (χ0n) is 12.7. The number of nitrogens with one attached hydrogen (secondary N) is 1. The number of hydrogen-bond donors (Lipinski definition) is 2. The molecule has 2 aromatic rings.